The Hall–Kier alpha value is -3.08. The minimum absolute atomic E-state index is 0.00211. The Bertz CT molecular complexity index is 1460. The smallest absolute Gasteiger partial charge is 0.260 e. The van der Waals surface area contributed by atoms with Crippen molar-refractivity contribution >= 4 is 42.6 Å². The van der Waals surface area contributed by atoms with Crippen LogP contribution < -0.4 is 4.90 Å². The third kappa shape index (κ3) is 4.93. The van der Waals surface area contributed by atoms with Gasteiger partial charge in [-0.3, -0.25) is 9.69 Å². The van der Waals surface area contributed by atoms with Crippen LogP contribution in [0.15, 0.2) is 70.2 Å². The van der Waals surface area contributed by atoms with Gasteiger partial charge in [0.05, 0.1) is 27.9 Å². The second kappa shape index (κ2) is 10.1. The van der Waals surface area contributed by atoms with Crippen LogP contribution in [0.2, 0.25) is 0 Å². The number of sulfonamides is 1. The lowest BCUT2D eigenvalue weighted by Gasteiger charge is -2.30. The normalized spacial score (nSPS) is 15.0. The Labute approximate surface area is 213 Å². The van der Waals surface area contributed by atoms with Crippen LogP contribution in [0.5, 0.6) is 0 Å². The molecule has 0 atom stereocenters. The summed E-state index contributed by atoms with van der Waals surface area (Å²) in [4.78, 5) is 19.7. The molecule has 0 N–H and O–H groups in total. The lowest BCUT2D eigenvalue weighted by molar-refractivity contribution is 0.0983. The van der Waals surface area contributed by atoms with Crippen molar-refractivity contribution in [2.24, 2.45) is 0 Å². The molecule has 1 amide bonds. The average molecular weight is 528 g/mol. The van der Waals surface area contributed by atoms with Gasteiger partial charge in [-0.2, -0.15) is 4.31 Å². The van der Waals surface area contributed by atoms with Gasteiger partial charge in [0.1, 0.15) is 11.6 Å². The van der Waals surface area contributed by atoms with Crippen molar-refractivity contribution in [3.63, 3.8) is 0 Å². The molecule has 1 fully saturated rings. The molecule has 2 aromatic heterocycles. The third-order valence-corrected chi connectivity index (χ3v) is 9.54. The maximum atomic E-state index is 13.7. The fourth-order valence-corrected chi connectivity index (χ4v) is 6.92. The second-order valence-electron chi connectivity index (χ2n) is 8.92. The predicted octanol–water partition coefficient (Wildman–Crippen LogP) is 5.83. The molecule has 0 saturated heterocycles. The van der Waals surface area contributed by atoms with Gasteiger partial charge in [0.15, 0.2) is 5.13 Å². The summed E-state index contributed by atoms with van der Waals surface area (Å²) in [5.74, 6) is -0.186. The zero-order valence-corrected chi connectivity index (χ0v) is 21.4. The molecule has 0 bridgehead atoms. The highest BCUT2D eigenvalue weighted by molar-refractivity contribution is 7.89. The lowest BCUT2D eigenvalue weighted by Crippen LogP contribution is -2.38. The molecule has 36 heavy (non-hydrogen) atoms. The number of hydrogen-bond acceptors (Lipinski definition) is 6. The van der Waals surface area contributed by atoms with Gasteiger partial charge in [-0.25, -0.2) is 17.8 Å². The van der Waals surface area contributed by atoms with Gasteiger partial charge in [0, 0.05) is 18.7 Å². The van der Waals surface area contributed by atoms with Gasteiger partial charge in [-0.1, -0.05) is 30.6 Å². The molecule has 0 aliphatic heterocycles. The van der Waals surface area contributed by atoms with Crippen LogP contribution in [-0.4, -0.2) is 36.7 Å². The van der Waals surface area contributed by atoms with E-state index in [1.807, 2.05) is 0 Å². The number of carbonyl (C=O) groups is 1. The van der Waals surface area contributed by atoms with Gasteiger partial charge in [-0.15, -0.1) is 0 Å². The highest BCUT2D eigenvalue weighted by Gasteiger charge is 2.30. The molecule has 0 radical (unpaired) electrons. The van der Waals surface area contributed by atoms with E-state index in [0.717, 1.165) is 32.1 Å². The fourth-order valence-electron chi connectivity index (χ4n) is 4.52. The van der Waals surface area contributed by atoms with Gasteiger partial charge in [-0.05, 0) is 67.4 Å². The number of hydrogen-bond donors (Lipinski definition) is 0. The average Bonchev–Trinajstić information content (AvgIpc) is 3.56. The summed E-state index contributed by atoms with van der Waals surface area (Å²) in [6.45, 7) is 0.124. The maximum absolute atomic E-state index is 13.7. The topological polar surface area (TPSA) is 83.7 Å². The number of carbonyl (C=O) groups excluding carboxylic acids is 1. The molecule has 2 heterocycles. The van der Waals surface area contributed by atoms with E-state index in [0.29, 0.717) is 26.7 Å². The zero-order chi connectivity index (χ0) is 25.3. The van der Waals surface area contributed by atoms with E-state index in [-0.39, 0.29) is 29.2 Å². The van der Waals surface area contributed by atoms with Gasteiger partial charge in [0.2, 0.25) is 10.0 Å². The molecule has 5 rings (SSSR count). The maximum Gasteiger partial charge on any atom is 0.260 e. The molecule has 1 aliphatic rings. The van der Waals surface area contributed by atoms with Crippen molar-refractivity contribution < 1.29 is 22.0 Å². The van der Waals surface area contributed by atoms with Crippen molar-refractivity contribution in [1.29, 1.82) is 0 Å². The van der Waals surface area contributed by atoms with Crippen LogP contribution in [0.25, 0.3) is 10.2 Å². The number of amides is 1. The Morgan fingerprint density at radius 3 is 2.56 bits per heavy atom. The summed E-state index contributed by atoms with van der Waals surface area (Å²) < 4.78 is 47.6. The standard InChI is InChI=1S/C26H26FN3O4S2/c1-29(20-6-3-2-4-7-20)36(32,33)22-12-9-18(10-13-22)25(31)30(17-21-8-5-15-34-21)26-28-23-14-11-19(27)16-24(23)35-26/h5,8-16,20H,2-4,6-7,17H2,1H3. The van der Waals surface area contributed by atoms with Gasteiger partial charge < -0.3 is 4.42 Å². The number of thiazole rings is 1. The first-order chi connectivity index (χ1) is 17.3. The first-order valence-electron chi connectivity index (χ1n) is 11.8. The summed E-state index contributed by atoms with van der Waals surface area (Å²) in [6.07, 6.45) is 6.44. The molecule has 0 spiro atoms. The first-order valence-corrected chi connectivity index (χ1v) is 14.1. The van der Waals surface area contributed by atoms with Crippen LogP contribution in [0.4, 0.5) is 9.52 Å². The second-order valence-corrected chi connectivity index (χ2v) is 11.9. The SMILES string of the molecule is CN(C1CCCCC1)S(=O)(=O)c1ccc(C(=O)N(Cc2ccco2)c2nc3ccc(F)cc3s2)cc1. The van der Waals surface area contributed by atoms with Crippen LogP contribution in [0.1, 0.15) is 48.2 Å². The number of rotatable bonds is 7. The Morgan fingerprint density at radius 1 is 1.11 bits per heavy atom. The summed E-state index contributed by atoms with van der Waals surface area (Å²) in [7, 11) is -2.04. The third-order valence-electron chi connectivity index (χ3n) is 6.58. The van der Waals surface area contributed by atoms with Crippen LogP contribution in [0.3, 0.4) is 0 Å². The molecule has 0 unspecified atom stereocenters. The van der Waals surface area contributed by atoms with Crippen molar-refractivity contribution in [1.82, 2.24) is 9.29 Å². The van der Waals surface area contributed by atoms with Crippen LogP contribution in [0, 0.1) is 5.82 Å². The molecule has 1 saturated carbocycles. The number of fused-ring (bicyclic) bond motifs is 1. The molecular formula is C26H26FN3O4S2. The number of anilines is 1. The molecule has 4 aromatic rings. The number of benzene rings is 2. The summed E-state index contributed by atoms with van der Waals surface area (Å²) in [5.41, 5.74) is 0.895. The minimum atomic E-state index is -3.67. The van der Waals surface area contributed by atoms with Crippen LogP contribution in [-0.2, 0) is 16.6 Å². The van der Waals surface area contributed by atoms with Crippen molar-refractivity contribution in [2.45, 2.75) is 49.6 Å². The predicted molar refractivity (Wildman–Crippen MR) is 137 cm³/mol. The van der Waals surface area contributed by atoms with E-state index < -0.39 is 10.0 Å². The molecular weight excluding hydrogens is 501 g/mol. The Balaban J connectivity index is 1.43. The van der Waals surface area contributed by atoms with Crippen LogP contribution >= 0.6 is 11.3 Å². The van der Waals surface area contributed by atoms with Crippen molar-refractivity contribution in [2.75, 3.05) is 11.9 Å². The zero-order valence-electron chi connectivity index (χ0n) is 19.8. The molecule has 7 nitrogen and oxygen atoms in total. The Kier molecular flexibility index (Phi) is 6.92. The molecule has 1 aliphatic carbocycles. The highest BCUT2D eigenvalue weighted by atomic mass is 32.2. The largest absolute Gasteiger partial charge is 0.467 e. The summed E-state index contributed by atoms with van der Waals surface area (Å²) in [5, 5.41) is 0.394. The van der Waals surface area contributed by atoms with E-state index in [1.54, 1.807) is 25.2 Å². The Morgan fingerprint density at radius 2 is 1.86 bits per heavy atom. The van der Waals surface area contributed by atoms with Gasteiger partial charge in [0.25, 0.3) is 5.91 Å². The number of furan rings is 1. The monoisotopic (exact) mass is 527 g/mol. The quantitative estimate of drug-likeness (QED) is 0.302. The minimum Gasteiger partial charge on any atom is -0.467 e. The summed E-state index contributed by atoms with van der Waals surface area (Å²) >= 11 is 1.20. The summed E-state index contributed by atoms with van der Waals surface area (Å²) in [6, 6.07) is 13.8. The van der Waals surface area contributed by atoms with E-state index in [9.17, 15) is 17.6 Å². The van der Waals surface area contributed by atoms with E-state index in [4.69, 9.17) is 4.42 Å². The number of aromatic nitrogens is 1. The lowest BCUT2D eigenvalue weighted by atomic mass is 9.96. The van der Waals surface area contributed by atoms with Gasteiger partial charge >= 0.3 is 0 Å². The van der Waals surface area contributed by atoms with Crippen molar-refractivity contribution in [3.8, 4) is 0 Å². The number of halogens is 1. The van der Waals surface area contributed by atoms with E-state index in [1.165, 1.54) is 63.2 Å². The number of nitrogens with zero attached hydrogens (tertiary/aromatic N) is 3. The van der Waals surface area contributed by atoms with Crippen molar-refractivity contribution in [3.05, 3.63) is 78.0 Å². The molecule has 188 valence electrons. The highest BCUT2D eigenvalue weighted by Crippen LogP contribution is 2.32. The van der Waals surface area contributed by atoms with E-state index >= 15 is 0 Å². The molecule has 10 heteroatoms. The first kappa shape index (κ1) is 24.6. The van der Waals surface area contributed by atoms with E-state index in [2.05, 4.69) is 4.98 Å². The fraction of sp³-hybridized carbons (Fsp3) is 0.308. The molecule has 2 aromatic carbocycles.